The number of piperazine rings is 1. The van der Waals surface area contributed by atoms with Crippen LogP contribution >= 0.6 is 24.0 Å². The molecule has 1 aromatic heterocycles. The summed E-state index contributed by atoms with van der Waals surface area (Å²) in [6.07, 6.45) is 3.43. The summed E-state index contributed by atoms with van der Waals surface area (Å²) in [5.74, 6) is 4.79. The Kier molecular flexibility index (Phi) is 9.60. The highest BCUT2D eigenvalue weighted by Crippen LogP contribution is 2.25. The molecule has 1 saturated heterocycles. The molecule has 0 saturated carbocycles. The predicted molar refractivity (Wildman–Crippen MR) is 140 cm³/mol. The summed E-state index contributed by atoms with van der Waals surface area (Å²) in [6.45, 7) is 9.15. The Morgan fingerprint density at radius 3 is 2.61 bits per heavy atom. The molecule has 0 atom stereocenters. The van der Waals surface area contributed by atoms with Gasteiger partial charge < -0.3 is 24.3 Å². The summed E-state index contributed by atoms with van der Waals surface area (Å²) < 4.78 is 13.2. The normalized spacial score (nSPS) is 16.7. The zero-order valence-corrected chi connectivity index (χ0v) is 22.2. The van der Waals surface area contributed by atoms with Crippen LogP contribution in [0.15, 0.2) is 23.2 Å². The van der Waals surface area contributed by atoms with Gasteiger partial charge in [0.25, 0.3) is 0 Å². The predicted octanol–water partition coefficient (Wildman–Crippen LogP) is 2.53. The van der Waals surface area contributed by atoms with Crippen LogP contribution in [0.3, 0.4) is 0 Å². The number of aromatic nitrogens is 3. The molecular weight excluding hydrogens is 533 g/mol. The third-order valence-corrected chi connectivity index (χ3v) is 6.19. The Morgan fingerprint density at radius 1 is 1.06 bits per heavy atom. The summed E-state index contributed by atoms with van der Waals surface area (Å²) in [5, 5.41) is 12.2. The number of nitrogens with one attached hydrogen (secondary N) is 1. The Labute approximate surface area is 213 Å². The van der Waals surface area contributed by atoms with E-state index < -0.39 is 0 Å². The monoisotopic (exact) mass is 569 g/mol. The molecule has 33 heavy (non-hydrogen) atoms. The van der Waals surface area contributed by atoms with Crippen LogP contribution in [0.2, 0.25) is 0 Å². The average molecular weight is 569 g/mol. The fourth-order valence-electron chi connectivity index (χ4n) is 4.42. The minimum absolute atomic E-state index is 0. The Hall–Kier alpha value is -2.08. The van der Waals surface area contributed by atoms with E-state index in [9.17, 15) is 0 Å². The Bertz CT molecular complexity index is 926. The van der Waals surface area contributed by atoms with Crippen molar-refractivity contribution in [3.05, 3.63) is 35.4 Å². The second kappa shape index (κ2) is 12.4. The maximum atomic E-state index is 5.55. The van der Waals surface area contributed by atoms with Crippen LogP contribution in [0.1, 0.15) is 37.0 Å². The third kappa shape index (κ3) is 6.28. The number of nitrogens with zero attached hydrogens (tertiary/aromatic N) is 6. The molecule has 10 heteroatoms. The number of halogens is 1. The van der Waals surface area contributed by atoms with E-state index in [-0.39, 0.29) is 24.0 Å². The van der Waals surface area contributed by atoms with Crippen LogP contribution in [-0.4, -0.2) is 77.5 Å². The average Bonchev–Trinajstić information content (AvgIpc) is 3.25. The Balaban J connectivity index is 0.00000306. The largest absolute Gasteiger partial charge is 0.497 e. The zero-order chi connectivity index (χ0) is 22.3. The molecule has 4 rings (SSSR count). The molecule has 2 aliphatic heterocycles. The van der Waals surface area contributed by atoms with E-state index in [1.165, 1.54) is 12.8 Å². The lowest BCUT2D eigenvalue weighted by Crippen LogP contribution is -2.52. The maximum absolute atomic E-state index is 5.55. The smallest absolute Gasteiger partial charge is 0.194 e. The van der Waals surface area contributed by atoms with Gasteiger partial charge in [-0.15, -0.1) is 34.2 Å². The first-order chi connectivity index (χ1) is 15.7. The summed E-state index contributed by atoms with van der Waals surface area (Å²) in [7, 11) is 3.41. The topological polar surface area (TPSA) is 80.0 Å². The molecule has 0 bridgehead atoms. The Morgan fingerprint density at radius 2 is 1.88 bits per heavy atom. The number of guanidine groups is 1. The highest BCUT2D eigenvalue weighted by Gasteiger charge is 2.22. The lowest BCUT2D eigenvalue weighted by Gasteiger charge is -2.36. The second-order valence-corrected chi connectivity index (χ2v) is 8.25. The van der Waals surface area contributed by atoms with Crippen LogP contribution in [0, 0.1) is 0 Å². The van der Waals surface area contributed by atoms with Crippen molar-refractivity contribution >= 4 is 29.9 Å². The molecule has 2 aliphatic rings. The van der Waals surface area contributed by atoms with E-state index in [0.717, 1.165) is 86.9 Å². The molecule has 0 spiro atoms. The van der Waals surface area contributed by atoms with Gasteiger partial charge in [0.2, 0.25) is 0 Å². The van der Waals surface area contributed by atoms with Crippen molar-refractivity contribution in [2.75, 3.05) is 46.9 Å². The first-order valence-corrected chi connectivity index (χ1v) is 11.6. The molecule has 0 amide bonds. The van der Waals surface area contributed by atoms with Crippen molar-refractivity contribution in [3.8, 4) is 11.5 Å². The molecule has 1 aromatic carbocycles. The first-order valence-electron chi connectivity index (χ1n) is 11.6. The number of ether oxygens (including phenoxy) is 2. The lowest BCUT2D eigenvalue weighted by molar-refractivity contribution is 0.171. The van der Waals surface area contributed by atoms with Gasteiger partial charge in [0.15, 0.2) is 11.8 Å². The van der Waals surface area contributed by atoms with Gasteiger partial charge in [-0.3, -0.25) is 4.90 Å². The van der Waals surface area contributed by atoms with E-state index in [0.29, 0.717) is 6.54 Å². The number of benzene rings is 1. The fourth-order valence-corrected chi connectivity index (χ4v) is 4.42. The van der Waals surface area contributed by atoms with Gasteiger partial charge in [-0.2, -0.15) is 0 Å². The van der Waals surface area contributed by atoms with Gasteiger partial charge in [-0.25, -0.2) is 4.99 Å². The number of aryl methyl sites for hydroxylation is 1. The number of rotatable bonds is 7. The molecule has 9 nitrogen and oxygen atoms in total. The molecule has 0 unspecified atom stereocenters. The van der Waals surface area contributed by atoms with Crippen LogP contribution in [0.25, 0.3) is 0 Å². The number of fused-ring (bicyclic) bond motifs is 1. The lowest BCUT2D eigenvalue weighted by atomic mass is 10.1. The fraction of sp³-hybridized carbons (Fsp3) is 0.609. The van der Waals surface area contributed by atoms with Crippen LogP contribution in [0.5, 0.6) is 11.5 Å². The number of aliphatic imine (C=N–C) groups is 1. The van der Waals surface area contributed by atoms with Gasteiger partial charge in [0.1, 0.15) is 23.9 Å². The molecular formula is C23H36IN7O2. The van der Waals surface area contributed by atoms with Crippen molar-refractivity contribution < 1.29 is 9.47 Å². The highest BCUT2D eigenvalue weighted by atomic mass is 127. The van der Waals surface area contributed by atoms with E-state index in [2.05, 4.69) is 42.9 Å². The van der Waals surface area contributed by atoms with Crippen LogP contribution in [0.4, 0.5) is 0 Å². The molecule has 3 heterocycles. The zero-order valence-electron chi connectivity index (χ0n) is 19.9. The molecule has 1 N–H and O–H groups in total. The summed E-state index contributed by atoms with van der Waals surface area (Å²) in [5.41, 5.74) is 1.15. The number of hydrogen-bond acceptors (Lipinski definition) is 6. The van der Waals surface area contributed by atoms with Crippen molar-refractivity contribution in [1.82, 2.24) is 29.9 Å². The summed E-state index contributed by atoms with van der Waals surface area (Å²) >= 11 is 0. The summed E-state index contributed by atoms with van der Waals surface area (Å²) in [6, 6.07) is 5.98. The van der Waals surface area contributed by atoms with Crippen molar-refractivity contribution in [3.63, 3.8) is 0 Å². The standard InChI is InChI=1S/C23H35N7O2.HI/c1-4-24-23(25-16-22-27-26-21-7-5-6-10-30(21)22)29-13-11-28(12-14-29)17-18-15-19(31-2)8-9-20(18)32-3;/h8-9,15H,4-7,10-14,16-17H2,1-3H3,(H,24,25);1H. The quantitative estimate of drug-likeness (QED) is 0.312. The highest BCUT2D eigenvalue weighted by molar-refractivity contribution is 14.0. The van der Waals surface area contributed by atoms with Crippen LogP contribution < -0.4 is 14.8 Å². The van der Waals surface area contributed by atoms with E-state index in [4.69, 9.17) is 14.5 Å². The van der Waals surface area contributed by atoms with Gasteiger partial charge in [0, 0.05) is 57.8 Å². The second-order valence-electron chi connectivity index (χ2n) is 8.25. The maximum Gasteiger partial charge on any atom is 0.194 e. The van der Waals surface area contributed by atoms with Gasteiger partial charge in [0.05, 0.1) is 14.2 Å². The molecule has 0 aliphatic carbocycles. The minimum atomic E-state index is 0. The molecule has 2 aromatic rings. The SMILES string of the molecule is CCNC(=NCc1nnc2n1CCCC2)N1CCN(Cc2cc(OC)ccc2OC)CC1.I. The number of methoxy groups -OCH3 is 2. The first kappa shape index (κ1) is 25.5. The van der Waals surface area contributed by atoms with Crippen LogP contribution in [-0.2, 0) is 26.1 Å². The van der Waals surface area contributed by atoms with Gasteiger partial charge >= 0.3 is 0 Å². The van der Waals surface area contributed by atoms with Crippen molar-refractivity contribution in [2.24, 2.45) is 4.99 Å². The number of hydrogen-bond donors (Lipinski definition) is 1. The van der Waals surface area contributed by atoms with E-state index in [1.807, 2.05) is 12.1 Å². The van der Waals surface area contributed by atoms with E-state index in [1.54, 1.807) is 14.2 Å². The van der Waals surface area contributed by atoms with Gasteiger partial charge in [-0.05, 0) is 38.0 Å². The van der Waals surface area contributed by atoms with Crippen molar-refractivity contribution in [1.29, 1.82) is 0 Å². The van der Waals surface area contributed by atoms with E-state index >= 15 is 0 Å². The minimum Gasteiger partial charge on any atom is -0.497 e. The third-order valence-electron chi connectivity index (χ3n) is 6.19. The van der Waals surface area contributed by atoms with Crippen molar-refractivity contribution in [2.45, 2.75) is 45.8 Å². The molecule has 1 fully saturated rings. The van der Waals surface area contributed by atoms with Gasteiger partial charge in [-0.1, -0.05) is 0 Å². The molecule has 182 valence electrons. The summed E-state index contributed by atoms with van der Waals surface area (Å²) in [4.78, 5) is 9.69. The molecule has 0 radical (unpaired) electrons.